The molecule has 0 amide bonds. The van der Waals surface area contributed by atoms with E-state index in [1.165, 1.54) is 6.08 Å². The molecule has 27 heavy (non-hydrogen) atoms. The molecule has 1 aromatic rings. The molecule has 0 aliphatic rings. The van der Waals surface area contributed by atoms with E-state index >= 15 is 0 Å². The standard InChI is InChI=1S/C22H30O5/c23-16-6-3-1-2-4-8-19-27-22(25)15-12-20-10-13-21(14-11-20)26-18-9-5-7-17-24/h10-17H,1-9,18-19H2/b15-12+. The van der Waals surface area contributed by atoms with Crippen molar-refractivity contribution in [3.05, 3.63) is 35.9 Å². The number of benzene rings is 1. The van der Waals surface area contributed by atoms with Gasteiger partial charge in [-0.25, -0.2) is 4.79 Å². The van der Waals surface area contributed by atoms with Crippen molar-refractivity contribution >= 4 is 24.6 Å². The SMILES string of the molecule is O=CCCCCCCCOC(=O)/C=C/c1ccc(OCCCCC=O)cc1. The second kappa shape index (κ2) is 15.8. The third kappa shape index (κ3) is 12.5. The molecule has 5 heteroatoms. The van der Waals surface area contributed by atoms with Crippen LogP contribution in [0, 0.1) is 0 Å². The molecule has 0 saturated heterocycles. The van der Waals surface area contributed by atoms with Gasteiger partial charge < -0.3 is 19.1 Å². The smallest absolute Gasteiger partial charge is 0.330 e. The Bertz CT molecular complexity index is 563. The Morgan fingerprint density at radius 3 is 2.07 bits per heavy atom. The van der Waals surface area contributed by atoms with E-state index in [-0.39, 0.29) is 5.97 Å². The van der Waals surface area contributed by atoms with Crippen molar-refractivity contribution in [2.24, 2.45) is 0 Å². The predicted octanol–water partition coefficient (Wildman–Crippen LogP) is 4.53. The quantitative estimate of drug-likeness (QED) is 0.184. The van der Waals surface area contributed by atoms with Gasteiger partial charge in [0, 0.05) is 18.9 Å². The molecule has 1 aromatic carbocycles. The Balaban J connectivity index is 2.15. The van der Waals surface area contributed by atoms with Crippen LogP contribution in [0.2, 0.25) is 0 Å². The average Bonchev–Trinajstić information content (AvgIpc) is 2.69. The molecule has 148 valence electrons. The van der Waals surface area contributed by atoms with Crippen molar-refractivity contribution in [3.63, 3.8) is 0 Å². The van der Waals surface area contributed by atoms with Crippen LogP contribution in [-0.4, -0.2) is 31.8 Å². The van der Waals surface area contributed by atoms with Gasteiger partial charge >= 0.3 is 5.97 Å². The molecule has 0 aromatic heterocycles. The summed E-state index contributed by atoms with van der Waals surface area (Å²) in [5, 5.41) is 0. The van der Waals surface area contributed by atoms with Crippen LogP contribution in [0.25, 0.3) is 6.08 Å². The van der Waals surface area contributed by atoms with E-state index in [0.29, 0.717) is 26.1 Å². The van der Waals surface area contributed by atoms with E-state index in [0.717, 1.165) is 68.8 Å². The molecule has 0 bridgehead atoms. The van der Waals surface area contributed by atoms with Crippen LogP contribution in [0.4, 0.5) is 0 Å². The van der Waals surface area contributed by atoms with Crippen molar-refractivity contribution in [1.82, 2.24) is 0 Å². The van der Waals surface area contributed by atoms with Gasteiger partial charge in [-0.15, -0.1) is 0 Å². The van der Waals surface area contributed by atoms with E-state index in [1.807, 2.05) is 24.3 Å². The summed E-state index contributed by atoms with van der Waals surface area (Å²) in [7, 11) is 0. The number of hydrogen-bond acceptors (Lipinski definition) is 5. The lowest BCUT2D eigenvalue weighted by Crippen LogP contribution is -2.02. The minimum atomic E-state index is -0.341. The van der Waals surface area contributed by atoms with Crippen molar-refractivity contribution in [2.45, 2.75) is 57.8 Å². The Morgan fingerprint density at radius 2 is 1.37 bits per heavy atom. The highest BCUT2D eigenvalue weighted by Gasteiger charge is 1.98. The van der Waals surface area contributed by atoms with Crippen molar-refractivity contribution in [2.75, 3.05) is 13.2 Å². The van der Waals surface area contributed by atoms with E-state index in [4.69, 9.17) is 9.47 Å². The Kier molecular flexibility index (Phi) is 13.2. The largest absolute Gasteiger partial charge is 0.494 e. The summed E-state index contributed by atoms with van der Waals surface area (Å²) in [6.45, 7) is 1.01. The minimum Gasteiger partial charge on any atom is -0.494 e. The molecule has 1 rings (SSSR count). The Morgan fingerprint density at radius 1 is 0.778 bits per heavy atom. The first-order valence-electron chi connectivity index (χ1n) is 9.71. The molecule has 0 aliphatic heterocycles. The number of carbonyl (C=O) groups is 3. The molecule has 0 fully saturated rings. The van der Waals surface area contributed by atoms with Crippen molar-refractivity contribution < 1.29 is 23.9 Å². The number of unbranched alkanes of at least 4 members (excludes halogenated alkanes) is 7. The van der Waals surface area contributed by atoms with Crippen LogP contribution in [-0.2, 0) is 19.1 Å². The van der Waals surface area contributed by atoms with Gasteiger partial charge in [0.1, 0.15) is 18.3 Å². The fourth-order valence-electron chi connectivity index (χ4n) is 2.44. The number of carbonyl (C=O) groups excluding carboxylic acids is 3. The van der Waals surface area contributed by atoms with Gasteiger partial charge in [0.15, 0.2) is 0 Å². The highest BCUT2D eigenvalue weighted by atomic mass is 16.5. The Hall–Kier alpha value is -2.43. The van der Waals surface area contributed by atoms with E-state index in [9.17, 15) is 14.4 Å². The maximum atomic E-state index is 11.7. The fraction of sp³-hybridized carbons (Fsp3) is 0.500. The molecule has 0 N–H and O–H groups in total. The van der Waals surface area contributed by atoms with Crippen LogP contribution in [0.5, 0.6) is 5.75 Å². The number of hydrogen-bond donors (Lipinski definition) is 0. The van der Waals surface area contributed by atoms with Crippen molar-refractivity contribution in [3.8, 4) is 5.75 Å². The number of rotatable bonds is 16. The lowest BCUT2D eigenvalue weighted by Gasteiger charge is -2.05. The number of esters is 1. The second-order valence-electron chi connectivity index (χ2n) is 6.30. The molecule has 0 spiro atoms. The maximum Gasteiger partial charge on any atom is 0.330 e. The first-order chi connectivity index (χ1) is 13.3. The van der Waals surface area contributed by atoms with Crippen LogP contribution < -0.4 is 4.74 Å². The normalized spacial score (nSPS) is 10.7. The van der Waals surface area contributed by atoms with Crippen LogP contribution >= 0.6 is 0 Å². The third-order valence-corrected chi connectivity index (χ3v) is 3.99. The summed E-state index contributed by atoms with van der Waals surface area (Å²) in [6, 6.07) is 7.47. The number of aldehydes is 2. The molecular weight excluding hydrogens is 344 g/mol. The van der Waals surface area contributed by atoms with Gasteiger partial charge in [-0.3, -0.25) is 0 Å². The molecule has 0 radical (unpaired) electrons. The summed E-state index contributed by atoms with van der Waals surface area (Å²) < 4.78 is 10.8. The summed E-state index contributed by atoms with van der Waals surface area (Å²) in [4.78, 5) is 32.1. The zero-order valence-corrected chi connectivity index (χ0v) is 15.9. The van der Waals surface area contributed by atoms with E-state index in [1.54, 1.807) is 6.08 Å². The molecule has 0 atom stereocenters. The third-order valence-electron chi connectivity index (χ3n) is 3.99. The maximum absolute atomic E-state index is 11.7. The molecule has 5 nitrogen and oxygen atoms in total. The first kappa shape index (κ1) is 22.6. The lowest BCUT2D eigenvalue weighted by molar-refractivity contribution is -0.137. The van der Waals surface area contributed by atoms with Crippen molar-refractivity contribution in [1.29, 1.82) is 0 Å². The van der Waals surface area contributed by atoms with Gasteiger partial charge in [0.05, 0.1) is 13.2 Å². The van der Waals surface area contributed by atoms with Crippen LogP contribution in [0.15, 0.2) is 30.3 Å². The van der Waals surface area contributed by atoms with Gasteiger partial charge in [-0.1, -0.05) is 31.4 Å². The molecule has 0 heterocycles. The second-order valence-corrected chi connectivity index (χ2v) is 6.30. The Labute approximate surface area is 161 Å². The summed E-state index contributed by atoms with van der Waals surface area (Å²) >= 11 is 0. The minimum absolute atomic E-state index is 0.341. The highest BCUT2D eigenvalue weighted by molar-refractivity contribution is 5.87. The number of ether oxygens (including phenoxy) is 2. The molecular formula is C22H30O5. The monoisotopic (exact) mass is 374 g/mol. The summed E-state index contributed by atoms with van der Waals surface area (Å²) in [5.41, 5.74) is 0.899. The van der Waals surface area contributed by atoms with E-state index < -0.39 is 0 Å². The van der Waals surface area contributed by atoms with Gasteiger partial charge in [0.25, 0.3) is 0 Å². The van der Waals surface area contributed by atoms with Gasteiger partial charge in [0.2, 0.25) is 0 Å². The molecule has 0 unspecified atom stereocenters. The molecule has 0 aliphatic carbocycles. The van der Waals surface area contributed by atoms with Gasteiger partial charge in [-0.2, -0.15) is 0 Å². The topological polar surface area (TPSA) is 69.7 Å². The lowest BCUT2D eigenvalue weighted by atomic mass is 10.1. The van der Waals surface area contributed by atoms with E-state index in [2.05, 4.69) is 0 Å². The van der Waals surface area contributed by atoms with Crippen LogP contribution in [0.3, 0.4) is 0 Å². The highest BCUT2D eigenvalue weighted by Crippen LogP contribution is 2.14. The molecule has 0 saturated carbocycles. The zero-order chi connectivity index (χ0) is 19.6. The summed E-state index contributed by atoms with van der Waals surface area (Å²) in [6.07, 6.45) is 12.8. The average molecular weight is 374 g/mol. The first-order valence-corrected chi connectivity index (χ1v) is 9.71. The van der Waals surface area contributed by atoms with Crippen LogP contribution in [0.1, 0.15) is 63.4 Å². The summed E-state index contributed by atoms with van der Waals surface area (Å²) in [5.74, 6) is 0.431. The predicted molar refractivity (Wildman–Crippen MR) is 106 cm³/mol. The van der Waals surface area contributed by atoms with Gasteiger partial charge in [-0.05, 0) is 49.5 Å². The zero-order valence-electron chi connectivity index (χ0n) is 15.9. The fourth-order valence-corrected chi connectivity index (χ4v) is 2.44.